The van der Waals surface area contributed by atoms with Gasteiger partial charge in [0.2, 0.25) is 0 Å². The molecule has 0 saturated heterocycles. The summed E-state index contributed by atoms with van der Waals surface area (Å²) in [4.78, 5) is 11.7. The summed E-state index contributed by atoms with van der Waals surface area (Å²) in [5.41, 5.74) is 0.266. The molecule has 0 aliphatic heterocycles. The number of carbonyl (C=O) groups excluding carboxylic acids is 1. The minimum Gasteiger partial charge on any atom is -0.352 e. The summed E-state index contributed by atoms with van der Waals surface area (Å²) in [7, 11) is -0.853. The Morgan fingerprint density at radius 1 is 1.53 bits per heavy atom. The zero-order chi connectivity index (χ0) is 12.8. The van der Waals surface area contributed by atoms with Crippen LogP contribution in [0.25, 0.3) is 0 Å². The lowest BCUT2D eigenvalue weighted by Crippen LogP contribution is -2.25. The standard InChI is InChI=1S/C11H13BrFNO2S/c1-17(16)7-3-6-14-11(15)8-4-2-5-9(13)10(8)12/h2,4-5H,3,6-7H2,1H3,(H,14,15). The van der Waals surface area contributed by atoms with E-state index in [2.05, 4.69) is 21.2 Å². The SMILES string of the molecule is CS(=O)CCCNC(=O)c1cccc(F)c1Br. The van der Waals surface area contributed by atoms with Crippen LogP contribution in [-0.2, 0) is 10.8 Å². The molecular weight excluding hydrogens is 309 g/mol. The van der Waals surface area contributed by atoms with Gasteiger partial charge in [-0.25, -0.2) is 4.39 Å². The van der Waals surface area contributed by atoms with E-state index in [0.717, 1.165) is 0 Å². The van der Waals surface area contributed by atoms with Gasteiger partial charge in [-0.1, -0.05) is 6.07 Å². The first-order chi connectivity index (χ1) is 8.02. The van der Waals surface area contributed by atoms with Crippen LogP contribution in [0.2, 0.25) is 0 Å². The Balaban J connectivity index is 2.53. The van der Waals surface area contributed by atoms with Gasteiger partial charge in [0.05, 0.1) is 10.0 Å². The van der Waals surface area contributed by atoms with Crippen molar-refractivity contribution in [1.29, 1.82) is 0 Å². The molecule has 17 heavy (non-hydrogen) atoms. The summed E-state index contributed by atoms with van der Waals surface area (Å²) in [5, 5.41) is 2.65. The Hall–Kier alpha value is -0.750. The minimum absolute atomic E-state index is 0.163. The van der Waals surface area contributed by atoms with E-state index in [1.54, 1.807) is 12.3 Å². The van der Waals surface area contributed by atoms with Crippen molar-refractivity contribution in [3.05, 3.63) is 34.1 Å². The van der Waals surface area contributed by atoms with E-state index in [4.69, 9.17) is 0 Å². The first-order valence-electron chi connectivity index (χ1n) is 5.04. The molecule has 0 aliphatic rings. The van der Waals surface area contributed by atoms with Crippen molar-refractivity contribution in [2.24, 2.45) is 0 Å². The monoisotopic (exact) mass is 321 g/mol. The maximum absolute atomic E-state index is 13.2. The third-order valence-electron chi connectivity index (χ3n) is 2.09. The van der Waals surface area contributed by atoms with Gasteiger partial charge < -0.3 is 5.32 Å². The van der Waals surface area contributed by atoms with Gasteiger partial charge in [-0.15, -0.1) is 0 Å². The third kappa shape index (κ3) is 4.55. The van der Waals surface area contributed by atoms with E-state index in [1.165, 1.54) is 12.1 Å². The summed E-state index contributed by atoms with van der Waals surface area (Å²) in [6.07, 6.45) is 2.26. The number of nitrogens with one attached hydrogen (secondary N) is 1. The largest absolute Gasteiger partial charge is 0.352 e. The Morgan fingerprint density at radius 3 is 2.88 bits per heavy atom. The number of hydrogen-bond donors (Lipinski definition) is 1. The van der Waals surface area contributed by atoms with Gasteiger partial charge in [-0.3, -0.25) is 9.00 Å². The average molecular weight is 322 g/mol. The fourth-order valence-corrected chi connectivity index (χ4v) is 2.25. The molecule has 1 aromatic carbocycles. The molecule has 1 N–H and O–H groups in total. The molecule has 1 amide bonds. The van der Waals surface area contributed by atoms with Crippen LogP contribution in [0, 0.1) is 5.82 Å². The Morgan fingerprint density at radius 2 is 2.24 bits per heavy atom. The number of hydrogen-bond acceptors (Lipinski definition) is 2. The molecule has 0 fully saturated rings. The quantitative estimate of drug-likeness (QED) is 0.844. The second-order valence-corrected chi connectivity index (χ2v) is 5.84. The molecule has 0 aromatic heterocycles. The molecule has 1 rings (SSSR count). The number of rotatable bonds is 5. The van der Waals surface area contributed by atoms with Crippen molar-refractivity contribution in [3.63, 3.8) is 0 Å². The highest BCUT2D eigenvalue weighted by Crippen LogP contribution is 2.20. The summed E-state index contributed by atoms with van der Waals surface area (Å²) >= 11 is 3.03. The van der Waals surface area contributed by atoms with Crippen LogP contribution in [0.4, 0.5) is 4.39 Å². The second kappa shape index (κ2) is 6.86. The van der Waals surface area contributed by atoms with E-state index in [0.29, 0.717) is 18.7 Å². The Kier molecular flexibility index (Phi) is 5.77. The highest BCUT2D eigenvalue weighted by atomic mass is 79.9. The topological polar surface area (TPSA) is 46.2 Å². The molecule has 0 radical (unpaired) electrons. The maximum Gasteiger partial charge on any atom is 0.252 e. The van der Waals surface area contributed by atoms with Gasteiger partial charge in [0.25, 0.3) is 5.91 Å². The van der Waals surface area contributed by atoms with Crippen molar-refractivity contribution < 1.29 is 13.4 Å². The van der Waals surface area contributed by atoms with Crippen molar-refractivity contribution >= 4 is 32.6 Å². The predicted molar refractivity (Wildman–Crippen MR) is 70.0 cm³/mol. The van der Waals surface area contributed by atoms with Crippen LogP contribution in [0.5, 0.6) is 0 Å². The van der Waals surface area contributed by atoms with Crippen molar-refractivity contribution in [2.75, 3.05) is 18.6 Å². The molecule has 1 unspecified atom stereocenters. The first-order valence-corrected chi connectivity index (χ1v) is 7.56. The number of halogens is 2. The zero-order valence-corrected chi connectivity index (χ0v) is 11.7. The molecule has 1 aromatic rings. The van der Waals surface area contributed by atoms with Crippen LogP contribution < -0.4 is 5.32 Å². The van der Waals surface area contributed by atoms with Gasteiger partial charge >= 0.3 is 0 Å². The van der Waals surface area contributed by atoms with Crippen LogP contribution in [-0.4, -0.2) is 28.7 Å². The molecule has 3 nitrogen and oxygen atoms in total. The van der Waals surface area contributed by atoms with E-state index in [9.17, 15) is 13.4 Å². The highest BCUT2D eigenvalue weighted by molar-refractivity contribution is 9.10. The highest BCUT2D eigenvalue weighted by Gasteiger charge is 2.12. The summed E-state index contributed by atoms with van der Waals surface area (Å²) < 4.78 is 24.1. The van der Waals surface area contributed by atoms with Gasteiger partial charge in [-0.05, 0) is 34.5 Å². The second-order valence-electron chi connectivity index (χ2n) is 3.49. The number of amides is 1. The molecule has 6 heteroatoms. The molecule has 94 valence electrons. The van der Waals surface area contributed by atoms with Crippen LogP contribution >= 0.6 is 15.9 Å². The summed E-state index contributed by atoms with van der Waals surface area (Å²) in [6, 6.07) is 4.30. The van der Waals surface area contributed by atoms with Gasteiger partial charge in [0, 0.05) is 29.4 Å². The normalized spacial score (nSPS) is 12.2. The van der Waals surface area contributed by atoms with Gasteiger partial charge in [0.1, 0.15) is 5.82 Å². The van der Waals surface area contributed by atoms with Gasteiger partial charge in [0.15, 0.2) is 0 Å². The third-order valence-corrected chi connectivity index (χ3v) is 3.76. The number of carbonyl (C=O) groups is 1. The molecule has 0 heterocycles. The predicted octanol–water partition coefficient (Wildman–Crippen LogP) is 2.09. The molecule has 0 spiro atoms. The molecule has 1 atom stereocenters. The lowest BCUT2D eigenvalue weighted by atomic mass is 10.2. The van der Waals surface area contributed by atoms with Crippen LogP contribution in [0.15, 0.2) is 22.7 Å². The Labute approximate surface area is 110 Å². The summed E-state index contributed by atoms with van der Waals surface area (Å²) in [6.45, 7) is 0.432. The summed E-state index contributed by atoms with van der Waals surface area (Å²) in [5.74, 6) is -0.254. The Bertz CT molecular complexity index is 439. The first kappa shape index (κ1) is 14.3. The fraction of sp³-hybridized carbons (Fsp3) is 0.364. The van der Waals surface area contributed by atoms with E-state index in [1.807, 2.05) is 0 Å². The molecule has 0 bridgehead atoms. The van der Waals surface area contributed by atoms with Crippen LogP contribution in [0.1, 0.15) is 16.8 Å². The van der Waals surface area contributed by atoms with Crippen molar-refractivity contribution in [1.82, 2.24) is 5.32 Å². The average Bonchev–Trinajstić information content (AvgIpc) is 2.27. The minimum atomic E-state index is -0.853. The molecular formula is C11H13BrFNO2S. The molecule has 0 aliphatic carbocycles. The smallest absolute Gasteiger partial charge is 0.252 e. The lowest BCUT2D eigenvalue weighted by Gasteiger charge is -2.06. The lowest BCUT2D eigenvalue weighted by molar-refractivity contribution is 0.0952. The van der Waals surface area contributed by atoms with Gasteiger partial charge in [-0.2, -0.15) is 0 Å². The maximum atomic E-state index is 13.2. The van der Waals surface area contributed by atoms with Crippen LogP contribution in [0.3, 0.4) is 0 Å². The number of benzene rings is 1. The van der Waals surface area contributed by atoms with Crippen molar-refractivity contribution in [3.8, 4) is 0 Å². The fourth-order valence-electron chi connectivity index (χ4n) is 1.25. The van der Waals surface area contributed by atoms with E-state index in [-0.39, 0.29) is 15.9 Å². The van der Waals surface area contributed by atoms with E-state index >= 15 is 0 Å². The molecule has 0 saturated carbocycles. The van der Waals surface area contributed by atoms with Crippen molar-refractivity contribution in [2.45, 2.75) is 6.42 Å². The van der Waals surface area contributed by atoms with E-state index < -0.39 is 16.6 Å². The zero-order valence-electron chi connectivity index (χ0n) is 9.33.